The highest BCUT2D eigenvalue weighted by Gasteiger charge is 2.12. The molecule has 4 rings (SSSR count). The third-order valence-corrected chi connectivity index (χ3v) is 6.25. The van der Waals surface area contributed by atoms with Gasteiger partial charge in [0.1, 0.15) is 5.69 Å². The van der Waals surface area contributed by atoms with E-state index in [0.29, 0.717) is 5.95 Å². The fourth-order valence-corrected chi connectivity index (χ4v) is 4.76. The molecule has 0 unspecified atom stereocenters. The van der Waals surface area contributed by atoms with Crippen molar-refractivity contribution in [1.82, 2.24) is 20.2 Å². The Morgan fingerprint density at radius 2 is 1.90 bits per heavy atom. The summed E-state index contributed by atoms with van der Waals surface area (Å²) in [6, 6.07) is 10.6. The van der Waals surface area contributed by atoms with E-state index in [1.165, 1.54) is 10.1 Å². The van der Waals surface area contributed by atoms with E-state index in [0.717, 1.165) is 60.7 Å². The number of fused-ring (bicyclic) bond motifs is 1. The van der Waals surface area contributed by atoms with Crippen LogP contribution in [0.2, 0.25) is 0 Å². The number of halogens is 4. The molecular weight excluding hydrogens is 517 g/mol. The lowest BCUT2D eigenvalue weighted by molar-refractivity contribution is 0.240. The molecule has 3 aromatic rings. The van der Waals surface area contributed by atoms with E-state index in [-0.39, 0.29) is 37.2 Å². The first-order chi connectivity index (χ1) is 12.8. The summed E-state index contributed by atoms with van der Waals surface area (Å²) in [4.78, 5) is 12.8. The number of hydrogen-bond donors (Lipinski definition) is 2. The Labute approximate surface area is 202 Å². The minimum Gasteiger partial charge on any atom is -0.354 e. The molecule has 10 heteroatoms. The molecule has 1 aliphatic heterocycles. The number of hydrogen-bond acceptors (Lipinski definition) is 6. The molecule has 3 heterocycles. The summed E-state index contributed by atoms with van der Waals surface area (Å²) in [5.41, 5.74) is 0.950. The highest BCUT2D eigenvalue weighted by atomic mass is 79.9. The molecule has 2 aromatic heterocycles. The Kier molecular flexibility index (Phi) is 11.7. The highest BCUT2D eigenvalue weighted by molar-refractivity contribution is 9.10. The zero-order chi connectivity index (χ0) is 17.8. The second kappa shape index (κ2) is 12.9. The van der Waals surface area contributed by atoms with Crippen LogP contribution in [0.1, 0.15) is 6.42 Å². The third kappa shape index (κ3) is 6.92. The zero-order valence-electron chi connectivity index (χ0n) is 15.8. The van der Waals surface area contributed by atoms with Gasteiger partial charge in [-0.1, -0.05) is 18.2 Å². The maximum absolute atomic E-state index is 4.74. The fourth-order valence-electron chi connectivity index (χ4n) is 3.16. The van der Waals surface area contributed by atoms with Crippen LogP contribution in [0, 0.1) is 0 Å². The number of aromatic nitrogens is 2. The molecule has 1 saturated heterocycles. The largest absolute Gasteiger partial charge is 0.354 e. The van der Waals surface area contributed by atoms with Gasteiger partial charge in [0.05, 0.1) is 9.35 Å². The summed E-state index contributed by atoms with van der Waals surface area (Å²) in [5.74, 6) is 0.695. The predicted octanol–water partition coefficient (Wildman–Crippen LogP) is 5.09. The van der Waals surface area contributed by atoms with Gasteiger partial charge in [0.25, 0.3) is 0 Å². The first-order valence-corrected chi connectivity index (χ1v) is 10.6. The van der Waals surface area contributed by atoms with Crippen LogP contribution in [0.5, 0.6) is 0 Å². The van der Waals surface area contributed by atoms with Crippen molar-refractivity contribution in [2.75, 3.05) is 44.6 Å². The molecule has 0 radical (unpaired) electrons. The number of benzene rings is 1. The summed E-state index contributed by atoms with van der Waals surface area (Å²) in [5, 5.41) is 8.01. The topological polar surface area (TPSA) is 53.1 Å². The summed E-state index contributed by atoms with van der Waals surface area (Å²) in [6.07, 6.45) is 2.93. The first kappa shape index (κ1) is 26.4. The van der Waals surface area contributed by atoms with Crippen LogP contribution in [0.4, 0.5) is 5.95 Å². The van der Waals surface area contributed by atoms with Crippen LogP contribution >= 0.6 is 64.5 Å². The molecule has 0 bridgehead atoms. The van der Waals surface area contributed by atoms with Crippen molar-refractivity contribution in [2.24, 2.45) is 0 Å². The van der Waals surface area contributed by atoms with Crippen LogP contribution in [-0.4, -0.2) is 54.1 Å². The van der Waals surface area contributed by atoms with Crippen LogP contribution in [0.3, 0.4) is 0 Å². The molecule has 0 atom stereocenters. The summed E-state index contributed by atoms with van der Waals surface area (Å²) >= 11 is 5.36. The highest BCUT2D eigenvalue weighted by Crippen LogP contribution is 2.36. The lowest BCUT2D eigenvalue weighted by Crippen LogP contribution is -2.44. The van der Waals surface area contributed by atoms with Crippen LogP contribution < -0.4 is 10.6 Å². The zero-order valence-corrected chi connectivity index (χ0v) is 20.6. The number of piperazine rings is 1. The lowest BCUT2D eigenvalue weighted by atomic mass is 10.2. The maximum atomic E-state index is 4.74. The number of rotatable bonds is 6. The van der Waals surface area contributed by atoms with E-state index < -0.39 is 0 Å². The van der Waals surface area contributed by atoms with E-state index >= 15 is 0 Å². The summed E-state index contributed by atoms with van der Waals surface area (Å²) < 4.78 is 2.20. The molecule has 29 heavy (non-hydrogen) atoms. The van der Waals surface area contributed by atoms with Crippen molar-refractivity contribution >= 4 is 80.5 Å². The van der Waals surface area contributed by atoms with Gasteiger partial charge in [0.15, 0.2) is 0 Å². The SMILES string of the molecule is Brc1cnc(NCCCN2CCNCC2)nc1-c1cc2ccccc2s1.Cl.Cl.Cl. The van der Waals surface area contributed by atoms with Gasteiger partial charge in [-0.05, 0) is 46.4 Å². The molecule has 0 amide bonds. The molecule has 1 aromatic carbocycles. The number of nitrogens with zero attached hydrogens (tertiary/aromatic N) is 3. The third-order valence-electron chi connectivity index (χ3n) is 4.55. The Morgan fingerprint density at radius 1 is 1.14 bits per heavy atom. The van der Waals surface area contributed by atoms with Crippen LogP contribution in [0.25, 0.3) is 20.7 Å². The van der Waals surface area contributed by atoms with E-state index in [1.807, 2.05) is 6.20 Å². The smallest absolute Gasteiger partial charge is 0.223 e. The van der Waals surface area contributed by atoms with Crippen LogP contribution in [0.15, 0.2) is 41.0 Å². The van der Waals surface area contributed by atoms with Gasteiger partial charge in [0, 0.05) is 43.6 Å². The first-order valence-electron chi connectivity index (χ1n) is 8.98. The molecule has 0 spiro atoms. The summed E-state index contributed by atoms with van der Waals surface area (Å²) in [6.45, 7) is 6.49. The van der Waals surface area contributed by atoms with Crippen LogP contribution in [-0.2, 0) is 0 Å². The minimum atomic E-state index is 0. The number of anilines is 1. The standard InChI is InChI=1S/C19H22BrN5S.3ClH/c20-15-13-23-19(22-6-3-9-25-10-7-21-8-11-25)24-18(15)17-12-14-4-1-2-5-16(14)26-17;;;/h1-2,4-5,12-13,21H,3,6-11H2,(H,22,23,24);3*1H. The normalized spacial score (nSPS) is 13.8. The molecule has 0 saturated carbocycles. The Hall–Kier alpha value is -0.670. The fraction of sp³-hybridized carbons (Fsp3) is 0.368. The van der Waals surface area contributed by atoms with Gasteiger partial charge >= 0.3 is 0 Å². The van der Waals surface area contributed by atoms with Crippen molar-refractivity contribution < 1.29 is 0 Å². The van der Waals surface area contributed by atoms with Crippen molar-refractivity contribution in [3.8, 4) is 10.6 Å². The summed E-state index contributed by atoms with van der Waals surface area (Å²) in [7, 11) is 0. The molecule has 5 nitrogen and oxygen atoms in total. The van der Waals surface area contributed by atoms with Crippen molar-refractivity contribution in [3.63, 3.8) is 0 Å². The molecule has 2 N–H and O–H groups in total. The monoisotopic (exact) mass is 539 g/mol. The Balaban J connectivity index is 0.00000140. The predicted molar refractivity (Wildman–Crippen MR) is 135 cm³/mol. The maximum Gasteiger partial charge on any atom is 0.223 e. The van der Waals surface area contributed by atoms with Crippen molar-refractivity contribution in [2.45, 2.75) is 6.42 Å². The second-order valence-corrected chi connectivity index (χ2v) is 8.35. The van der Waals surface area contributed by atoms with Gasteiger partial charge in [-0.3, -0.25) is 0 Å². The van der Waals surface area contributed by atoms with Crippen molar-refractivity contribution in [1.29, 1.82) is 0 Å². The van der Waals surface area contributed by atoms with E-state index in [2.05, 4.69) is 66.8 Å². The van der Waals surface area contributed by atoms with Crippen molar-refractivity contribution in [3.05, 3.63) is 41.0 Å². The average Bonchev–Trinajstić information content (AvgIpc) is 3.11. The van der Waals surface area contributed by atoms with Gasteiger partial charge in [-0.2, -0.15) is 0 Å². The number of thiophene rings is 1. The molecule has 160 valence electrons. The Morgan fingerprint density at radius 3 is 2.66 bits per heavy atom. The Bertz CT molecular complexity index is 856. The number of nitrogens with one attached hydrogen (secondary N) is 2. The van der Waals surface area contributed by atoms with Gasteiger partial charge in [-0.25, -0.2) is 9.97 Å². The van der Waals surface area contributed by atoms with Gasteiger partial charge in [0.2, 0.25) is 5.95 Å². The van der Waals surface area contributed by atoms with Gasteiger partial charge < -0.3 is 15.5 Å². The molecule has 1 fully saturated rings. The minimum absolute atomic E-state index is 0. The average molecular weight is 542 g/mol. The quantitative estimate of drug-likeness (QED) is 0.426. The van der Waals surface area contributed by atoms with E-state index in [4.69, 9.17) is 4.98 Å². The molecular formula is C19H25BrCl3N5S. The lowest BCUT2D eigenvalue weighted by Gasteiger charge is -2.27. The second-order valence-electron chi connectivity index (χ2n) is 6.41. The van der Waals surface area contributed by atoms with E-state index in [1.54, 1.807) is 11.3 Å². The molecule has 1 aliphatic rings. The van der Waals surface area contributed by atoms with Gasteiger partial charge in [-0.15, -0.1) is 48.6 Å². The molecule has 0 aliphatic carbocycles. The van der Waals surface area contributed by atoms with E-state index in [9.17, 15) is 0 Å².